The van der Waals surface area contributed by atoms with Gasteiger partial charge in [-0.25, -0.2) is 13.1 Å². The molecule has 0 saturated heterocycles. The van der Waals surface area contributed by atoms with Gasteiger partial charge in [0.15, 0.2) is 0 Å². The maximum Gasteiger partial charge on any atom is 0.241 e. The number of hydrogen-bond acceptors (Lipinski definition) is 3. The second-order valence-corrected chi connectivity index (χ2v) is 8.51. The average Bonchev–Trinajstić information content (AvgIpc) is 2.65. The summed E-state index contributed by atoms with van der Waals surface area (Å²) < 4.78 is 27.7. The fraction of sp³-hybridized carbons (Fsp3) is 0.238. The van der Waals surface area contributed by atoms with Crippen LogP contribution in [0, 0.1) is 0 Å². The smallest absolute Gasteiger partial charge is 0.241 e. The molecule has 2 N–H and O–H groups in total. The predicted molar refractivity (Wildman–Crippen MR) is 112 cm³/mol. The van der Waals surface area contributed by atoms with Crippen LogP contribution < -0.4 is 10.0 Å². The maximum atomic E-state index is 12.4. The monoisotopic (exact) mass is 402 g/mol. The Morgan fingerprint density at radius 2 is 1.74 bits per heavy atom. The number of rotatable bonds is 4. The van der Waals surface area contributed by atoms with Crippen LogP contribution in [-0.4, -0.2) is 21.0 Å². The molecule has 6 heteroatoms. The lowest BCUT2D eigenvalue weighted by Crippen LogP contribution is -2.47. The standard InChI is InChI=1S/C21H22N2O2S.ClH/c1-15(19-11-6-9-16-7-2-4-10-20(16)19)22-14-18-13-17-8-3-5-12-21(17)26(24,25)23-18;/h2-12,15,18,22-23H,13-14H2,1H3;1H/t15-,18?;/m1./s1. The molecule has 0 aliphatic carbocycles. The molecule has 0 saturated carbocycles. The zero-order valence-electron chi connectivity index (χ0n) is 15.1. The van der Waals surface area contributed by atoms with Crippen LogP contribution in [0.1, 0.15) is 24.1 Å². The molecule has 0 radical (unpaired) electrons. The van der Waals surface area contributed by atoms with Crippen molar-refractivity contribution in [3.05, 3.63) is 77.9 Å². The summed E-state index contributed by atoms with van der Waals surface area (Å²) in [5.41, 5.74) is 2.11. The highest BCUT2D eigenvalue weighted by molar-refractivity contribution is 7.89. The first-order chi connectivity index (χ1) is 12.5. The third kappa shape index (κ3) is 4.01. The minimum atomic E-state index is -3.43. The zero-order chi connectivity index (χ0) is 18.1. The fourth-order valence-electron chi connectivity index (χ4n) is 3.70. The highest BCUT2D eigenvalue weighted by Crippen LogP contribution is 2.25. The lowest BCUT2D eigenvalue weighted by atomic mass is 9.99. The van der Waals surface area contributed by atoms with E-state index in [4.69, 9.17) is 0 Å². The highest BCUT2D eigenvalue weighted by Gasteiger charge is 2.29. The molecule has 3 aromatic carbocycles. The number of fused-ring (bicyclic) bond motifs is 2. The van der Waals surface area contributed by atoms with Crippen molar-refractivity contribution in [2.75, 3.05) is 6.54 Å². The first kappa shape index (κ1) is 19.8. The van der Waals surface area contributed by atoms with Crippen molar-refractivity contribution < 1.29 is 8.42 Å². The SMILES string of the molecule is C[C@@H](NCC1Cc2ccccc2S(=O)(=O)N1)c1cccc2ccccc12.Cl. The predicted octanol–water partition coefficient (Wildman–Crippen LogP) is 3.82. The van der Waals surface area contributed by atoms with Gasteiger partial charge in [-0.1, -0.05) is 60.7 Å². The highest BCUT2D eigenvalue weighted by atomic mass is 35.5. The van der Waals surface area contributed by atoms with Gasteiger partial charge in [0, 0.05) is 18.6 Å². The van der Waals surface area contributed by atoms with E-state index in [9.17, 15) is 8.42 Å². The van der Waals surface area contributed by atoms with E-state index >= 15 is 0 Å². The quantitative estimate of drug-likeness (QED) is 0.697. The summed E-state index contributed by atoms with van der Waals surface area (Å²) in [5.74, 6) is 0. The van der Waals surface area contributed by atoms with Gasteiger partial charge in [0.2, 0.25) is 10.0 Å². The Morgan fingerprint density at radius 1 is 1.04 bits per heavy atom. The van der Waals surface area contributed by atoms with E-state index < -0.39 is 10.0 Å². The second kappa shape index (κ2) is 7.98. The van der Waals surface area contributed by atoms with Crippen LogP contribution >= 0.6 is 12.4 Å². The maximum absolute atomic E-state index is 12.4. The Hall–Kier alpha value is -1.92. The summed E-state index contributed by atoms with van der Waals surface area (Å²) in [7, 11) is -3.43. The van der Waals surface area contributed by atoms with Crippen LogP contribution in [0.4, 0.5) is 0 Å². The molecule has 0 amide bonds. The Morgan fingerprint density at radius 3 is 2.59 bits per heavy atom. The first-order valence-corrected chi connectivity index (χ1v) is 10.3. The Kier molecular flexibility index (Phi) is 5.86. The van der Waals surface area contributed by atoms with Crippen molar-refractivity contribution >= 4 is 33.2 Å². The lowest BCUT2D eigenvalue weighted by molar-refractivity contribution is 0.470. The Bertz CT molecular complexity index is 1050. The molecule has 0 spiro atoms. The van der Waals surface area contributed by atoms with E-state index in [0.717, 1.165) is 5.56 Å². The van der Waals surface area contributed by atoms with Gasteiger partial charge in [-0.2, -0.15) is 0 Å². The molecule has 27 heavy (non-hydrogen) atoms. The van der Waals surface area contributed by atoms with Gasteiger partial charge in [0.05, 0.1) is 4.90 Å². The molecule has 4 rings (SSSR count). The third-order valence-electron chi connectivity index (χ3n) is 5.01. The molecule has 1 heterocycles. The average molecular weight is 403 g/mol. The van der Waals surface area contributed by atoms with Crippen molar-refractivity contribution in [3.63, 3.8) is 0 Å². The minimum absolute atomic E-state index is 0. The van der Waals surface area contributed by atoms with E-state index in [1.165, 1.54) is 16.3 Å². The molecule has 142 valence electrons. The fourth-order valence-corrected chi connectivity index (χ4v) is 5.18. The molecule has 0 fully saturated rings. The largest absolute Gasteiger partial charge is 0.309 e. The van der Waals surface area contributed by atoms with Crippen LogP contribution in [0.3, 0.4) is 0 Å². The summed E-state index contributed by atoms with van der Waals surface area (Å²) in [4.78, 5) is 0.401. The van der Waals surface area contributed by atoms with E-state index in [-0.39, 0.29) is 24.5 Å². The second-order valence-electron chi connectivity index (χ2n) is 6.83. The number of nitrogens with one attached hydrogen (secondary N) is 2. The summed E-state index contributed by atoms with van der Waals surface area (Å²) in [6.07, 6.45) is 0.699. The molecule has 3 aromatic rings. The summed E-state index contributed by atoms with van der Waals surface area (Å²) in [6, 6.07) is 21.8. The molecule has 4 nitrogen and oxygen atoms in total. The van der Waals surface area contributed by atoms with Gasteiger partial charge < -0.3 is 5.32 Å². The molecule has 0 aromatic heterocycles. The number of halogens is 1. The van der Waals surface area contributed by atoms with Gasteiger partial charge in [-0.15, -0.1) is 12.4 Å². The molecule has 1 aliphatic rings. The van der Waals surface area contributed by atoms with Crippen LogP contribution in [-0.2, 0) is 16.4 Å². The van der Waals surface area contributed by atoms with Gasteiger partial charge in [0.25, 0.3) is 0 Å². The topological polar surface area (TPSA) is 58.2 Å². The van der Waals surface area contributed by atoms with Crippen molar-refractivity contribution in [3.8, 4) is 0 Å². The zero-order valence-corrected chi connectivity index (χ0v) is 16.7. The Labute approximate surface area is 166 Å². The van der Waals surface area contributed by atoms with E-state index in [0.29, 0.717) is 17.9 Å². The van der Waals surface area contributed by atoms with Crippen molar-refractivity contribution in [1.29, 1.82) is 0 Å². The molecule has 2 atom stereocenters. The number of benzene rings is 3. The normalized spacial score (nSPS) is 19.1. The summed E-state index contributed by atoms with van der Waals surface area (Å²) in [6.45, 7) is 2.70. The van der Waals surface area contributed by atoms with E-state index in [1.807, 2.05) is 24.3 Å². The van der Waals surface area contributed by atoms with Crippen LogP contribution in [0.2, 0.25) is 0 Å². The van der Waals surface area contributed by atoms with Crippen molar-refractivity contribution in [1.82, 2.24) is 10.0 Å². The van der Waals surface area contributed by atoms with Crippen LogP contribution in [0.5, 0.6) is 0 Å². The summed E-state index contributed by atoms with van der Waals surface area (Å²) >= 11 is 0. The number of sulfonamides is 1. The third-order valence-corrected chi connectivity index (χ3v) is 6.63. The van der Waals surface area contributed by atoms with Crippen molar-refractivity contribution in [2.24, 2.45) is 0 Å². The molecule has 1 unspecified atom stereocenters. The van der Waals surface area contributed by atoms with Crippen LogP contribution in [0.25, 0.3) is 10.8 Å². The van der Waals surface area contributed by atoms with Gasteiger partial charge in [-0.3, -0.25) is 0 Å². The molecular weight excluding hydrogens is 380 g/mol. The van der Waals surface area contributed by atoms with Gasteiger partial charge in [0.1, 0.15) is 0 Å². The Balaban J connectivity index is 0.00000210. The van der Waals surface area contributed by atoms with E-state index in [2.05, 4.69) is 47.3 Å². The summed E-state index contributed by atoms with van der Waals surface area (Å²) in [5, 5.41) is 5.94. The van der Waals surface area contributed by atoms with Gasteiger partial charge >= 0.3 is 0 Å². The van der Waals surface area contributed by atoms with Crippen LogP contribution in [0.15, 0.2) is 71.6 Å². The molecule has 0 bridgehead atoms. The molecular formula is C21H23ClN2O2S. The van der Waals surface area contributed by atoms with E-state index in [1.54, 1.807) is 12.1 Å². The van der Waals surface area contributed by atoms with Gasteiger partial charge in [-0.05, 0) is 41.3 Å². The van der Waals surface area contributed by atoms with Crippen molar-refractivity contribution in [2.45, 2.75) is 30.3 Å². The number of hydrogen-bond donors (Lipinski definition) is 2. The lowest BCUT2D eigenvalue weighted by Gasteiger charge is -2.27. The molecule has 1 aliphatic heterocycles. The first-order valence-electron chi connectivity index (χ1n) is 8.86. The minimum Gasteiger partial charge on any atom is -0.309 e.